The second kappa shape index (κ2) is 4.46. The standard InChI is InChI=1S/C16H13.Eu/c1-11-6-9-15-14(10-11)8-7-13-5-3-4-12(2)16(13)15;/h3-4,6-10H,1-2H3;. The number of fused-ring (bicyclic) bond motifs is 3. The van der Waals surface area contributed by atoms with Crippen LogP contribution in [0.15, 0.2) is 42.5 Å². The maximum atomic E-state index is 2.26. The average Bonchev–Trinajstić information content (AvgIpc) is 2.32. The molecule has 3 aromatic rings. The molecule has 17 heavy (non-hydrogen) atoms. The summed E-state index contributed by atoms with van der Waals surface area (Å²) in [6.07, 6.45) is 0. The molecule has 0 saturated carbocycles. The summed E-state index contributed by atoms with van der Waals surface area (Å²) in [5, 5.41) is 5.54. The molecule has 0 N–H and O–H groups in total. The van der Waals surface area contributed by atoms with E-state index in [0.29, 0.717) is 0 Å². The molecule has 0 heterocycles. The minimum absolute atomic E-state index is 1.32. The molecular formula is C16H13Eu. The van der Waals surface area contributed by atoms with Gasteiger partial charge in [-0.05, 0) is 0 Å². The molecular weight excluding hydrogens is 344 g/mol. The van der Waals surface area contributed by atoms with E-state index in [-0.39, 0.29) is 0 Å². The summed E-state index contributed by atoms with van der Waals surface area (Å²) in [5.41, 5.74) is 2.69. The second-order valence-electron chi connectivity index (χ2n) is 4.58. The first kappa shape index (κ1) is 11.8. The van der Waals surface area contributed by atoms with Gasteiger partial charge < -0.3 is 0 Å². The van der Waals surface area contributed by atoms with Crippen LogP contribution in [0.5, 0.6) is 0 Å². The van der Waals surface area contributed by atoms with Crippen molar-refractivity contribution in [2.24, 2.45) is 0 Å². The van der Waals surface area contributed by atoms with Gasteiger partial charge in [-0.25, -0.2) is 0 Å². The fraction of sp³-hybridized carbons (Fsp3) is 0.125. The molecule has 0 aromatic heterocycles. The van der Waals surface area contributed by atoms with E-state index in [0.717, 1.165) is 0 Å². The van der Waals surface area contributed by atoms with E-state index in [1.807, 2.05) is 0 Å². The van der Waals surface area contributed by atoms with Gasteiger partial charge in [0.25, 0.3) is 0 Å². The van der Waals surface area contributed by atoms with Gasteiger partial charge in [0.1, 0.15) is 0 Å². The van der Waals surface area contributed by atoms with Crippen LogP contribution in [0.1, 0.15) is 11.1 Å². The third-order valence-electron chi connectivity index (χ3n) is 3.31. The van der Waals surface area contributed by atoms with Gasteiger partial charge in [-0.1, -0.05) is 0 Å². The molecule has 0 fully saturated rings. The molecule has 0 unspecified atom stereocenters. The first-order chi connectivity index (χ1) is 8.16. The molecule has 0 saturated heterocycles. The zero-order valence-corrected chi connectivity index (χ0v) is 12.3. The zero-order chi connectivity index (χ0) is 12.0. The summed E-state index contributed by atoms with van der Waals surface area (Å²) < 4.78 is 1.41. The fourth-order valence-electron chi connectivity index (χ4n) is 2.44. The summed E-state index contributed by atoms with van der Waals surface area (Å²) in [6, 6.07) is 15.7. The van der Waals surface area contributed by atoms with Gasteiger partial charge in [0.2, 0.25) is 0 Å². The van der Waals surface area contributed by atoms with E-state index in [1.54, 1.807) is 47.0 Å². The van der Waals surface area contributed by atoms with Crippen molar-refractivity contribution in [3.8, 4) is 0 Å². The van der Waals surface area contributed by atoms with Crippen LogP contribution in [0.4, 0.5) is 0 Å². The first-order valence-electron chi connectivity index (χ1n) is 5.75. The summed E-state index contributed by atoms with van der Waals surface area (Å²) >= 11 is 1.75. The van der Waals surface area contributed by atoms with E-state index in [4.69, 9.17) is 0 Å². The van der Waals surface area contributed by atoms with Crippen molar-refractivity contribution in [2.45, 2.75) is 13.8 Å². The Labute approximate surface area is 134 Å². The van der Waals surface area contributed by atoms with Crippen molar-refractivity contribution in [3.05, 3.63) is 53.6 Å². The topological polar surface area (TPSA) is 0 Å². The number of hydrogen-bond acceptors (Lipinski definition) is 0. The van der Waals surface area contributed by atoms with Crippen LogP contribution in [0.3, 0.4) is 0 Å². The van der Waals surface area contributed by atoms with E-state index in [9.17, 15) is 0 Å². The van der Waals surface area contributed by atoms with Crippen LogP contribution in [0.25, 0.3) is 21.5 Å². The average molecular weight is 357 g/mol. The Morgan fingerprint density at radius 3 is 2.41 bits per heavy atom. The van der Waals surface area contributed by atoms with Crippen molar-refractivity contribution in [1.82, 2.24) is 0 Å². The Hall–Kier alpha value is -0.236. The van der Waals surface area contributed by atoms with Gasteiger partial charge in [-0.15, -0.1) is 0 Å². The van der Waals surface area contributed by atoms with Gasteiger partial charge >= 0.3 is 136 Å². The Bertz CT molecular complexity index is 726. The van der Waals surface area contributed by atoms with Gasteiger partial charge in [0.05, 0.1) is 0 Å². The summed E-state index contributed by atoms with van der Waals surface area (Å²) in [7, 11) is 0. The zero-order valence-electron chi connectivity index (χ0n) is 9.92. The predicted octanol–water partition coefficient (Wildman–Crippen LogP) is 3.78. The van der Waals surface area contributed by atoms with Crippen molar-refractivity contribution < 1.29 is 47.0 Å². The molecule has 0 radical (unpaired) electrons. The van der Waals surface area contributed by atoms with Crippen LogP contribution < -0.4 is -0.0424 Å². The Morgan fingerprint density at radius 2 is 1.59 bits per heavy atom. The van der Waals surface area contributed by atoms with E-state index in [2.05, 4.69) is 56.3 Å². The predicted molar refractivity (Wildman–Crippen MR) is 70.6 cm³/mol. The molecule has 3 rings (SSSR count). The van der Waals surface area contributed by atoms with Crippen LogP contribution in [0, 0.1) is 60.9 Å². The third kappa shape index (κ3) is 1.99. The molecule has 1 heteroatoms. The van der Waals surface area contributed by atoms with Crippen LogP contribution >= 0.6 is 0 Å². The second-order valence-corrected chi connectivity index (χ2v) is 5.88. The molecule has 0 amide bonds. The van der Waals surface area contributed by atoms with Gasteiger partial charge in [-0.2, -0.15) is 0 Å². The monoisotopic (exact) mass is 358 g/mol. The summed E-state index contributed by atoms with van der Waals surface area (Å²) in [5.74, 6) is 0. The number of rotatable bonds is 0. The van der Waals surface area contributed by atoms with Crippen molar-refractivity contribution >= 4 is 21.5 Å². The Kier molecular flexibility index (Phi) is 3.10. The van der Waals surface area contributed by atoms with Gasteiger partial charge in [0, 0.05) is 0 Å². The minimum atomic E-state index is 1.32. The van der Waals surface area contributed by atoms with Gasteiger partial charge in [0.15, 0.2) is 0 Å². The molecule has 0 aliphatic rings. The maximum absolute atomic E-state index is 2.26. The van der Waals surface area contributed by atoms with Crippen LogP contribution in [-0.2, 0) is 0 Å². The van der Waals surface area contributed by atoms with Crippen LogP contribution in [0.2, 0.25) is 0 Å². The SMILES string of the molecule is Cc1ccc2c(ccc3[c]([Eu])ccc(C)c32)c1. The number of hydrogen-bond donors (Lipinski definition) is 0. The normalized spacial score (nSPS) is 11.2. The molecule has 0 spiro atoms. The van der Waals surface area contributed by atoms with E-state index < -0.39 is 0 Å². The molecule has 0 nitrogen and oxygen atoms in total. The third-order valence-corrected chi connectivity index (χ3v) is 4.36. The first-order valence-corrected chi connectivity index (χ1v) is 6.96. The molecule has 0 bridgehead atoms. The Morgan fingerprint density at radius 1 is 0.824 bits per heavy atom. The molecule has 0 aliphatic heterocycles. The molecule has 84 valence electrons. The van der Waals surface area contributed by atoms with Crippen molar-refractivity contribution in [1.29, 1.82) is 0 Å². The number of benzene rings is 3. The van der Waals surface area contributed by atoms with Crippen molar-refractivity contribution in [3.63, 3.8) is 0 Å². The quantitative estimate of drug-likeness (QED) is 0.537. The van der Waals surface area contributed by atoms with Crippen LogP contribution in [-0.4, -0.2) is 0 Å². The van der Waals surface area contributed by atoms with Crippen molar-refractivity contribution in [2.75, 3.05) is 0 Å². The van der Waals surface area contributed by atoms with Gasteiger partial charge in [-0.3, -0.25) is 0 Å². The van der Waals surface area contributed by atoms with E-state index >= 15 is 0 Å². The fourth-order valence-corrected chi connectivity index (χ4v) is 3.15. The Balaban J connectivity index is 2.59. The molecule has 3 aromatic carbocycles. The summed E-state index contributed by atoms with van der Waals surface area (Å²) in [6.45, 7) is 4.35. The molecule has 0 atom stereocenters. The molecule has 0 aliphatic carbocycles. The van der Waals surface area contributed by atoms with E-state index in [1.165, 1.54) is 32.6 Å². The number of aryl methyl sites for hydroxylation is 2. The summed E-state index contributed by atoms with van der Waals surface area (Å²) in [4.78, 5) is 0.